The van der Waals surface area contributed by atoms with Crippen molar-refractivity contribution in [2.45, 2.75) is 52.1 Å². The van der Waals surface area contributed by atoms with Crippen molar-refractivity contribution in [3.8, 4) is 0 Å². The Morgan fingerprint density at radius 3 is 2.56 bits per heavy atom. The summed E-state index contributed by atoms with van der Waals surface area (Å²) in [6, 6.07) is 0. The molecule has 0 amide bonds. The molecule has 1 atom stereocenters. The molecule has 0 aromatic rings. The quantitative estimate of drug-likeness (QED) is 0.650. The third-order valence-corrected chi connectivity index (χ3v) is 4.71. The zero-order chi connectivity index (χ0) is 12.0. The molecular weight excluding hydrogens is 224 g/mol. The molecule has 1 aliphatic rings. The van der Waals surface area contributed by atoms with E-state index in [-0.39, 0.29) is 11.9 Å². The van der Waals surface area contributed by atoms with Gasteiger partial charge in [0, 0.05) is 6.61 Å². The molecule has 96 valence electrons. The van der Waals surface area contributed by atoms with Crippen LogP contribution in [-0.4, -0.2) is 32.6 Å². The first-order valence-corrected chi connectivity index (χ1v) is 8.14. The standard InChI is InChI=1S/C12H24O3S/c1-11(2)6-4-3-5-8-15-12-7-9-16(13,14)10-12/h11-12H,3-10H2,1-2H3/t12-/m1/s1. The second-order valence-electron chi connectivity index (χ2n) is 5.14. The molecule has 3 nitrogen and oxygen atoms in total. The van der Waals surface area contributed by atoms with Crippen molar-refractivity contribution in [2.24, 2.45) is 5.92 Å². The van der Waals surface area contributed by atoms with Gasteiger partial charge in [0.15, 0.2) is 9.84 Å². The van der Waals surface area contributed by atoms with Gasteiger partial charge in [-0.3, -0.25) is 0 Å². The van der Waals surface area contributed by atoms with E-state index in [1.54, 1.807) is 0 Å². The van der Waals surface area contributed by atoms with Crippen LogP contribution in [0.15, 0.2) is 0 Å². The molecule has 0 aromatic heterocycles. The predicted octanol–water partition coefficient (Wildman–Crippen LogP) is 2.41. The zero-order valence-corrected chi connectivity index (χ0v) is 11.3. The highest BCUT2D eigenvalue weighted by Gasteiger charge is 2.28. The van der Waals surface area contributed by atoms with Gasteiger partial charge in [-0.05, 0) is 18.8 Å². The van der Waals surface area contributed by atoms with Crippen LogP contribution in [0.1, 0.15) is 46.0 Å². The van der Waals surface area contributed by atoms with Gasteiger partial charge in [0.1, 0.15) is 0 Å². The lowest BCUT2D eigenvalue weighted by molar-refractivity contribution is 0.0679. The Balaban J connectivity index is 1.96. The van der Waals surface area contributed by atoms with Gasteiger partial charge in [-0.25, -0.2) is 8.42 Å². The van der Waals surface area contributed by atoms with E-state index in [0.29, 0.717) is 12.2 Å². The topological polar surface area (TPSA) is 43.4 Å². The van der Waals surface area contributed by atoms with Crippen molar-refractivity contribution in [1.29, 1.82) is 0 Å². The smallest absolute Gasteiger partial charge is 0.152 e. The molecular formula is C12H24O3S. The van der Waals surface area contributed by atoms with E-state index in [9.17, 15) is 8.42 Å². The van der Waals surface area contributed by atoms with Crippen molar-refractivity contribution in [3.05, 3.63) is 0 Å². The summed E-state index contributed by atoms with van der Waals surface area (Å²) in [5.41, 5.74) is 0. The number of hydrogen-bond acceptors (Lipinski definition) is 3. The van der Waals surface area contributed by atoms with Crippen LogP contribution in [0.2, 0.25) is 0 Å². The average Bonchev–Trinajstić information content (AvgIpc) is 2.51. The summed E-state index contributed by atoms with van der Waals surface area (Å²) < 4.78 is 27.9. The van der Waals surface area contributed by atoms with Crippen molar-refractivity contribution >= 4 is 9.84 Å². The van der Waals surface area contributed by atoms with Crippen LogP contribution in [0.25, 0.3) is 0 Å². The summed E-state index contributed by atoms with van der Waals surface area (Å²) in [7, 11) is -2.78. The van der Waals surface area contributed by atoms with Gasteiger partial charge in [-0.1, -0.05) is 33.1 Å². The molecule has 0 bridgehead atoms. The summed E-state index contributed by atoms with van der Waals surface area (Å²) in [4.78, 5) is 0. The van der Waals surface area contributed by atoms with Gasteiger partial charge >= 0.3 is 0 Å². The minimum absolute atomic E-state index is 0.0323. The summed E-state index contributed by atoms with van der Waals surface area (Å²) in [6.07, 6.45) is 5.44. The fourth-order valence-electron chi connectivity index (χ4n) is 1.97. The molecule has 1 heterocycles. The van der Waals surface area contributed by atoms with Crippen molar-refractivity contribution < 1.29 is 13.2 Å². The Morgan fingerprint density at radius 1 is 1.25 bits per heavy atom. The largest absolute Gasteiger partial charge is 0.377 e. The minimum atomic E-state index is -2.78. The summed E-state index contributed by atoms with van der Waals surface area (Å²) in [6.45, 7) is 5.19. The van der Waals surface area contributed by atoms with E-state index in [1.165, 1.54) is 19.3 Å². The van der Waals surface area contributed by atoms with Gasteiger partial charge in [0.2, 0.25) is 0 Å². The summed E-state index contributed by atoms with van der Waals surface area (Å²) in [5.74, 6) is 1.32. The average molecular weight is 248 g/mol. The van der Waals surface area contributed by atoms with Crippen LogP contribution >= 0.6 is 0 Å². The van der Waals surface area contributed by atoms with Crippen molar-refractivity contribution in [3.63, 3.8) is 0 Å². The van der Waals surface area contributed by atoms with E-state index >= 15 is 0 Å². The highest BCUT2D eigenvalue weighted by atomic mass is 32.2. The molecule has 0 aromatic carbocycles. The normalized spacial score (nSPS) is 24.1. The molecule has 1 saturated heterocycles. The van der Waals surface area contributed by atoms with Crippen molar-refractivity contribution in [1.82, 2.24) is 0 Å². The lowest BCUT2D eigenvalue weighted by Crippen LogP contribution is -2.15. The molecule has 0 N–H and O–H groups in total. The van der Waals surface area contributed by atoms with Gasteiger partial charge in [0.05, 0.1) is 17.6 Å². The number of unbranched alkanes of at least 4 members (excludes halogenated alkanes) is 2. The Labute approximate surface area is 99.5 Å². The van der Waals surface area contributed by atoms with E-state index in [1.807, 2.05) is 0 Å². The lowest BCUT2D eigenvalue weighted by atomic mass is 10.1. The molecule has 4 heteroatoms. The number of sulfone groups is 1. The molecule has 1 aliphatic heterocycles. The van der Waals surface area contributed by atoms with Crippen LogP contribution in [-0.2, 0) is 14.6 Å². The Morgan fingerprint density at radius 2 is 2.00 bits per heavy atom. The van der Waals surface area contributed by atoms with Gasteiger partial charge in [0.25, 0.3) is 0 Å². The van der Waals surface area contributed by atoms with Crippen LogP contribution < -0.4 is 0 Å². The van der Waals surface area contributed by atoms with E-state index in [4.69, 9.17) is 4.74 Å². The van der Waals surface area contributed by atoms with Gasteiger partial charge in [-0.2, -0.15) is 0 Å². The predicted molar refractivity (Wildman–Crippen MR) is 66.3 cm³/mol. The van der Waals surface area contributed by atoms with Crippen LogP contribution in [0.3, 0.4) is 0 Å². The first kappa shape index (κ1) is 14.0. The number of rotatable bonds is 7. The van der Waals surface area contributed by atoms with Gasteiger partial charge < -0.3 is 4.74 Å². The molecule has 0 aliphatic carbocycles. The number of hydrogen-bond donors (Lipinski definition) is 0. The fourth-order valence-corrected chi connectivity index (χ4v) is 3.59. The van der Waals surface area contributed by atoms with Crippen LogP contribution in [0.5, 0.6) is 0 Å². The van der Waals surface area contributed by atoms with E-state index in [0.717, 1.165) is 18.9 Å². The maximum Gasteiger partial charge on any atom is 0.152 e. The maximum absolute atomic E-state index is 11.2. The number of ether oxygens (including phenoxy) is 1. The molecule has 0 unspecified atom stereocenters. The Kier molecular flexibility index (Phi) is 5.76. The van der Waals surface area contributed by atoms with Crippen molar-refractivity contribution in [2.75, 3.05) is 18.1 Å². The molecule has 16 heavy (non-hydrogen) atoms. The second kappa shape index (κ2) is 6.60. The second-order valence-corrected chi connectivity index (χ2v) is 7.37. The fraction of sp³-hybridized carbons (Fsp3) is 1.00. The molecule has 0 saturated carbocycles. The van der Waals surface area contributed by atoms with Crippen LogP contribution in [0, 0.1) is 5.92 Å². The zero-order valence-electron chi connectivity index (χ0n) is 10.4. The SMILES string of the molecule is CC(C)CCCCCO[C@@H]1CCS(=O)(=O)C1. The first-order valence-electron chi connectivity index (χ1n) is 6.31. The summed E-state index contributed by atoms with van der Waals surface area (Å²) in [5, 5.41) is 0. The molecule has 0 spiro atoms. The minimum Gasteiger partial charge on any atom is -0.377 e. The van der Waals surface area contributed by atoms with E-state index < -0.39 is 9.84 Å². The highest BCUT2D eigenvalue weighted by molar-refractivity contribution is 7.91. The third kappa shape index (κ3) is 5.85. The molecule has 1 fully saturated rings. The lowest BCUT2D eigenvalue weighted by Gasteiger charge is -2.09. The molecule has 1 rings (SSSR count). The summed E-state index contributed by atoms with van der Waals surface area (Å²) >= 11 is 0. The highest BCUT2D eigenvalue weighted by Crippen LogP contribution is 2.15. The monoisotopic (exact) mass is 248 g/mol. The van der Waals surface area contributed by atoms with Crippen LogP contribution in [0.4, 0.5) is 0 Å². The maximum atomic E-state index is 11.2. The first-order chi connectivity index (χ1) is 7.49. The Bertz CT molecular complexity index is 283. The Hall–Kier alpha value is -0.0900. The third-order valence-electron chi connectivity index (χ3n) is 2.97. The van der Waals surface area contributed by atoms with Gasteiger partial charge in [-0.15, -0.1) is 0 Å². The molecule has 0 radical (unpaired) electrons. The van der Waals surface area contributed by atoms with E-state index in [2.05, 4.69) is 13.8 Å².